The molecular formula is C29H49BrO2SeSi. The topological polar surface area (TPSA) is 26.3 Å². The summed E-state index contributed by atoms with van der Waals surface area (Å²) in [6, 6.07) is 0. The fourth-order valence-electron chi connectivity index (χ4n) is 6.83. The zero-order chi connectivity index (χ0) is 25.4. The van der Waals surface area contributed by atoms with Gasteiger partial charge in [0, 0.05) is 0 Å². The molecular weight excluding hydrogens is 567 g/mol. The average Bonchev–Trinajstić information content (AvgIpc) is 3.10. The summed E-state index contributed by atoms with van der Waals surface area (Å²) in [5.74, 6) is 3.74. The van der Waals surface area contributed by atoms with Crippen molar-refractivity contribution >= 4 is 45.5 Å². The van der Waals surface area contributed by atoms with E-state index < -0.39 is 8.32 Å². The molecule has 0 saturated heterocycles. The second-order valence-electron chi connectivity index (χ2n) is 13.2. The van der Waals surface area contributed by atoms with Gasteiger partial charge in [-0.25, -0.2) is 0 Å². The molecule has 2 unspecified atom stereocenters. The van der Waals surface area contributed by atoms with Crippen molar-refractivity contribution in [3.63, 3.8) is 0 Å². The van der Waals surface area contributed by atoms with Gasteiger partial charge in [-0.3, -0.25) is 0 Å². The fraction of sp³-hybridized carbons (Fsp3) is 0.828. The number of rotatable bonds is 7. The van der Waals surface area contributed by atoms with Gasteiger partial charge in [0.1, 0.15) is 0 Å². The zero-order valence-corrected chi connectivity index (χ0v) is 27.3. The minimum absolute atomic E-state index is 0.147. The van der Waals surface area contributed by atoms with E-state index in [2.05, 4.69) is 81.6 Å². The Kier molecular flexibility index (Phi) is 9.33. The summed E-state index contributed by atoms with van der Waals surface area (Å²) in [5, 5.41) is 1.50. The molecule has 0 aliphatic heterocycles. The number of carbonyl (C=O) groups excluding carboxylic acids is 1. The van der Waals surface area contributed by atoms with Crippen LogP contribution >= 0.6 is 15.9 Å². The third-order valence-corrected chi connectivity index (χ3v) is 18.1. The first-order valence-corrected chi connectivity index (χ1v) is 20.1. The maximum atomic E-state index is 11.6. The Labute approximate surface area is 225 Å². The predicted molar refractivity (Wildman–Crippen MR) is 154 cm³/mol. The van der Waals surface area contributed by atoms with Gasteiger partial charge in [0.25, 0.3) is 0 Å². The maximum absolute atomic E-state index is 11.6. The summed E-state index contributed by atoms with van der Waals surface area (Å²) in [4.78, 5) is 11.6. The first-order valence-electron chi connectivity index (χ1n) is 13.5. The summed E-state index contributed by atoms with van der Waals surface area (Å²) >= 11 is 4.87. The van der Waals surface area contributed by atoms with Gasteiger partial charge in [0.15, 0.2) is 0 Å². The molecule has 0 amide bonds. The van der Waals surface area contributed by atoms with Crippen LogP contribution in [-0.4, -0.2) is 40.0 Å². The molecule has 3 fully saturated rings. The molecule has 3 saturated carbocycles. The van der Waals surface area contributed by atoms with Gasteiger partial charge in [-0.1, -0.05) is 0 Å². The van der Waals surface area contributed by atoms with E-state index in [1.165, 1.54) is 50.1 Å². The van der Waals surface area contributed by atoms with Crippen LogP contribution in [0.2, 0.25) is 29.3 Å². The second-order valence-corrected chi connectivity index (χ2v) is 21.3. The third-order valence-electron chi connectivity index (χ3n) is 9.91. The van der Waals surface area contributed by atoms with E-state index in [9.17, 15) is 4.79 Å². The van der Waals surface area contributed by atoms with Gasteiger partial charge in [0.05, 0.1) is 0 Å². The van der Waals surface area contributed by atoms with E-state index >= 15 is 0 Å². The van der Waals surface area contributed by atoms with Crippen molar-refractivity contribution in [1.82, 2.24) is 0 Å². The molecule has 0 bridgehead atoms. The molecule has 0 radical (unpaired) electrons. The van der Waals surface area contributed by atoms with Crippen molar-refractivity contribution in [1.29, 1.82) is 0 Å². The van der Waals surface area contributed by atoms with Crippen LogP contribution in [0.4, 0.5) is 0 Å². The Hall–Kier alpha value is 0.326. The van der Waals surface area contributed by atoms with Crippen molar-refractivity contribution < 1.29 is 9.22 Å². The van der Waals surface area contributed by atoms with Gasteiger partial charge >= 0.3 is 227 Å². The SMILES string of the molecule is C[Se]CC1(Br)CC[C@H](O[Si](C)(C)C(C)(C)C)C/C1=C\C=C1/CCC[C@]2(C)[C@@H](C(C)C=O)CC[C@@H]12. The van der Waals surface area contributed by atoms with Crippen molar-refractivity contribution in [2.24, 2.45) is 23.2 Å². The van der Waals surface area contributed by atoms with Crippen LogP contribution in [0.1, 0.15) is 86.0 Å². The first kappa shape index (κ1) is 28.9. The summed E-state index contributed by atoms with van der Waals surface area (Å²) in [7, 11) is -1.77. The molecule has 194 valence electrons. The van der Waals surface area contributed by atoms with Crippen LogP contribution in [0, 0.1) is 23.2 Å². The fourth-order valence-corrected chi connectivity index (χ4v) is 11.6. The standard InChI is InChI=1S/C29H49BrO2SeSi/c1-21(19-31)25-13-14-26-22(10-9-16-28(25,26)5)11-12-23-18-24(15-17-29(23,30)20-33-6)32-34(7,8)27(2,3)4/h11-12,19,21,24-26H,9-10,13-18,20H2,1-8H3/b22-11+,23-12+/t21?,24-,25+,26-,28+,29?/m0/s1. The molecule has 6 atom stereocenters. The van der Waals surface area contributed by atoms with E-state index in [1.807, 2.05) is 0 Å². The van der Waals surface area contributed by atoms with Crippen LogP contribution in [0.3, 0.4) is 0 Å². The van der Waals surface area contributed by atoms with Crippen LogP contribution < -0.4 is 0 Å². The van der Waals surface area contributed by atoms with Crippen molar-refractivity contribution in [3.8, 4) is 0 Å². The molecule has 2 nitrogen and oxygen atoms in total. The molecule has 34 heavy (non-hydrogen) atoms. The van der Waals surface area contributed by atoms with Crippen LogP contribution in [0.25, 0.3) is 0 Å². The molecule has 0 aromatic heterocycles. The minimum atomic E-state index is -1.77. The molecule has 0 heterocycles. The average molecular weight is 617 g/mol. The van der Waals surface area contributed by atoms with E-state index in [1.54, 1.807) is 11.1 Å². The van der Waals surface area contributed by atoms with E-state index in [-0.39, 0.29) is 15.3 Å². The van der Waals surface area contributed by atoms with Crippen molar-refractivity contribution in [2.75, 3.05) is 0 Å². The Bertz CT molecular complexity index is 800. The van der Waals surface area contributed by atoms with Gasteiger partial charge in [-0.05, 0) is 0 Å². The van der Waals surface area contributed by atoms with E-state index in [0.29, 0.717) is 38.3 Å². The number of hydrogen-bond acceptors (Lipinski definition) is 2. The Morgan fingerprint density at radius 3 is 2.53 bits per heavy atom. The second kappa shape index (κ2) is 11.0. The predicted octanol–water partition coefficient (Wildman–Crippen LogP) is 8.77. The molecule has 3 aliphatic rings. The molecule has 0 N–H and O–H groups in total. The number of alkyl halides is 1. The van der Waals surface area contributed by atoms with Gasteiger partial charge < -0.3 is 0 Å². The molecule has 0 aromatic rings. The number of fused-ring (bicyclic) bond motifs is 1. The molecule has 0 aromatic carbocycles. The number of halogens is 1. The van der Waals surface area contributed by atoms with E-state index in [4.69, 9.17) is 4.43 Å². The molecule has 5 heteroatoms. The number of hydrogen-bond donors (Lipinski definition) is 0. The normalized spacial score (nSPS) is 38.2. The number of allylic oxidation sites excluding steroid dienone is 3. The molecule has 3 rings (SSSR count). The molecule has 3 aliphatic carbocycles. The number of aldehydes is 1. The van der Waals surface area contributed by atoms with E-state index in [0.717, 1.165) is 12.8 Å². The van der Waals surface area contributed by atoms with Gasteiger partial charge in [0.2, 0.25) is 0 Å². The van der Waals surface area contributed by atoms with Gasteiger partial charge in [-0.15, -0.1) is 0 Å². The number of carbonyl (C=O) groups is 1. The van der Waals surface area contributed by atoms with Crippen LogP contribution in [0.5, 0.6) is 0 Å². The quantitative estimate of drug-likeness (QED) is 0.162. The Morgan fingerprint density at radius 1 is 1.21 bits per heavy atom. The first-order chi connectivity index (χ1) is 15.8. The summed E-state index contributed by atoms with van der Waals surface area (Å²) in [5.41, 5.74) is 3.49. The zero-order valence-electron chi connectivity index (χ0n) is 23.0. The summed E-state index contributed by atoms with van der Waals surface area (Å²) < 4.78 is 7.05. The Balaban J connectivity index is 1.86. The summed E-state index contributed by atoms with van der Waals surface area (Å²) in [6.45, 7) is 16.4. The Morgan fingerprint density at radius 2 is 1.91 bits per heavy atom. The van der Waals surface area contributed by atoms with Crippen LogP contribution in [-0.2, 0) is 9.22 Å². The third kappa shape index (κ3) is 5.90. The van der Waals surface area contributed by atoms with Crippen molar-refractivity contribution in [3.05, 3.63) is 23.3 Å². The summed E-state index contributed by atoms with van der Waals surface area (Å²) in [6.07, 6.45) is 16.2. The van der Waals surface area contributed by atoms with Crippen molar-refractivity contribution in [2.45, 2.75) is 126 Å². The molecule has 0 spiro atoms. The van der Waals surface area contributed by atoms with Crippen LogP contribution in [0.15, 0.2) is 23.3 Å². The van der Waals surface area contributed by atoms with Gasteiger partial charge in [-0.2, -0.15) is 0 Å². The monoisotopic (exact) mass is 616 g/mol.